The van der Waals surface area contributed by atoms with Crippen molar-refractivity contribution in [3.8, 4) is 0 Å². The van der Waals surface area contributed by atoms with Crippen LogP contribution in [0.2, 0.25) is 0 Å². The fraction of sp³-hybridized carbons (Fsp3) is 0.688. The van der Waals surface area contributed by atoms with Gasteiger partial charge in [0.1, 0.15) is 5.82 Å². The van der Waals surface area contributed by atoms with E-state index in [0.717, 1.165) is 5.82 Å². The summed E-state index contributed by atoms with van der Waals surface area (Å²) in [5.41, 5.74) is 2.81. The molecular weight excluding hydrogens is 234 g/mol. The molecule has 1 aromatic heterocycles. The molecule has 1 aromatic rings. The average Bonchev–Trinajstić information content (AvgIpc) is 2.84. The molecule has 1 atom stereocenters. The monoisotopic (exact) mass is 261 g/mol. The number of hydrogen-bond donors (Lipinski definition) is 0. The molecular formula is C16H27N3. The SMILES string of the molecule is CCCCN1CCC[C@H]1c1cnc(N(C)C)cc1C. The Morgan fingerprint density at radius 3 is 2.84 bits per heavy atom. The third kappa shape index (κ3) is 3.27. The number of likely N-dealkylation sites (tertiary alicyclic amines) is 1. The minimum atomic E-state index is 0.593. The molecule has 0 aliphatic carbocycles. The fourth-order valence-corrected chi connectivity index (χ4v) is 2.95. The quantitative estimate of drug-likeness (QED) is 0.810. The summed E-state index contributed by atoms with van der Waals surface area (Å²) in [4.78, 5) is 9.31. The Hall–Kier alpha value is -1.09. The summed E-state index contributed by atoms with van der Waals surface area (Å²) < 4.78 is 0. The van der Waals surface area contributed by atoms with Gasteiger partial charge in [0, 0.05) is 26.3 Å². The molecule has 0 aromatic carbocycles. The molecule has 1 aliphatic heterocycles. The van der Waals surface area contributed by atoms with E-state index in [4.69, 9.17) is 0 Å². The van der Waals surface area contributed by atoms with E-state index in [0.29, 0.717) is 6.04 Å². The lowest BCUT2D eigenvalue weighted by molar-refractivity contribution is 0.252. The van der Waals surface area contributed by atoms with Gasteiger partial charge in [0.2, 0.25) is 0 Å². The van der Waals surface area contributed by atoms with Crippen LogP contribution in [-0.2, 0) is 0 Å². The lowest BCUT2D eigenvalue weighted by atomic mass is 10.0. The Morgan fingerprint density at radius 1 is 1.42 bits per heavy atom. The van der Waals surface area contributed by atoms with Crippen molar-refractivity contribution in [3.05, 3.63) is 23.4 Å². The second kappa shape index (κ2) is 6.38. The zero-order valence-electron chi connectivity index (χ0n) is 12.8. The first-order valence-electron chi connectivity index (χ1n) is 7.51. The molecule has 2 heterocycles. The maximum Gasteiger partial charge on any atom is 0.128 e. The molecule has 0 spiro atoms. The Kier molecular flexibility index (Phi) is 4.81. The van der Waals surface area contributed by atoms with E-state index in [1.165, 1.54) is 49.9 Å². The predicted octanol–water partition coefficient (Wildman–Crippen LogP) is 3.39. The van der Waals surface area contributed by atoms with Gasteiger partial charge in [-0.25, -0.2) is 4.98 Å². The molecule has 1 fully saturated rings. The van der Waals surface area contributed by atoms with Crippen molar-refractivity contribution in [2.24, 2.45) is 0 Å². The van der Waals surface area contributed by atoms with Gasteiger partial charge in [-0.15, -0.1) is 0 Å². The Bertz CT molecular complexity index is 414. The number of aryl methyl sites for hydroxylation is 1. The predicted molar refractivity (Wildman–Crippen MR) is 81.8 cm³/mol. The van der Waals surface area contributed by atoms with Crippen molar-refractivity contribution in [2.75, 3.05) is 32.1 Å². The third-order valence-electron chi connectivity index (χ3n) is 4.12. The summed E-state index contributed by atoms with van der Waals surface area (Å²) >= 11 is 0. The largest absolute Gasteiger partial charge is 0.363 e. The average molecular weight is 261 g/mol. The van der Waals surface area contributed by atoms with Crippen LogP contribution in [0.4, 0.5) is 5.82 Å². The minimum Gasteiger partial charge on any atom is -0.363 e. The minimum absolute atomic E-state index is 0.593. The van der Waals surface area contributed by atoms with Crippen LogP contribution in [0.3, 0.4) is 0 Å². The molecule has 0 N–H and O–H groups in total. The van der Waals surface area contributed by atoms with Crippen molar-refractivity contribution in [3.63, 3.8) is 0 Å². The van der Waals surface area contributed by atoms with Crippen molar-refractivity contribution in [1.29, 1.82) is 0 Å². The summed E-state index contributed by atoms with van der Waals surface area (Å²) in [5, 5.41) is 0. The first-order chi connectivity index (χ1) is 9.13. The van der Waals surface area contributed by atoms with Crippen LogP contribution < -0.4 is 4.90 Å². The van der Waals surface area contributed by atoms with E-state index in [1.54, 1.807) is 0 Å². The Balaban J connectivity index is 2.16. The molecule has 1 saturated heterocycles. The summed E-state index contributed by atoms with van der Waals surface area (Å²) in [6, 6.07) is 2.81. The lowest BCUT2D eigenvalue weighted by Gasteiger charge is -2.26. The highest BCUT2D eigenvalue weighted by Gasteiger charge is 2.26. The second-order valence-electron chi connectivity index (χ2n) is 5.84. The zero-order chi connectivity index (χ0) is 13.8. The van der Waals surface area contributed by atoms with Crippen molar-refractivity contribution in [1.82, 2.24) is 9.88 Å². The normalized spacial score (nSPS) is 19.9. The van der Waals surface area contributed by atoms with Gasteiger partial charge < -0.3 is 4.90 Å². The van der Waals surface area contributed by atoms with Gasteiger partial charge in [-0.05, 0) is 56.5 Å². The lowest BCUT2D eigenvalue weighted by Crippen LogP contribution is -2.25. The standard InChI is InChI=1S/C16H27N3/c1-5-6-9-19-10-7-8-15(19)14-12-17-16(18(3)4)11-13(14)2/h11-12,15H,5-10H2,1-4H3/t15-/m0/s1. The number of rotatable bonds is 5. The molecule has 0 saturated carbocycles. The summed E-state index contributed by atoms with van der Waals surface area (Å²) in [6.07, 6.45) is 7.29. The Morgan fingerprint density at radius 2 is 2.21 bits per heavy atom. The number of anilines is 1. The highest BCUT2D eigenvalue weighted by atomic mass is 15.2. The second-order valence-corrected chi connectivity index (χ2v) is 5.84. The van der Waals surface area contributed by atoms with Gasteiger partial charge in [0.25, 0.3) is 0 Å². The van der Waals surface area contributed by atoms with E-state index in [1.807, 2.05) is 14.1 Å². The van der Waals surface area contributed by atoms with E-state index in [2.05, 4.69) is 40.9 Å². The van der Waals surface area contributed by atoms with Crippen LogP contribution in [0.5, 0.6) is 0 Å². The van der Waals surface area contributed by atoms with Crippen LogP contribution in [-0.4, -0.2) is 37.1 Å². The summed E-state index contributed by atoms with van der Waals surface area (Å²) in [7, 11) is 4.09. The highest BCUT2D eigenvalue weighted by molar-refractivity contribution is 5.43. The first-order valence-corrected chi connectivity index (χ1v) is 7.51. The molecule has 1 aliphatic rings. The molecule has 0 unspecified atom stereocenters. The molecule has 2 rings (SSSR count). The summed E-state index contributed by atoms with van der Waals surface area (Å²) in [6.45, 7) is 6.97. The van der Waals surface area contributed by atoms with Gasteiger partial charge in [-0.2, -0.15) is 0 Å². The number of nitrogens with zero attached hydrogens (tertiary/aromatic N) is 3. The molecule has 3 heteroatoms. The molecule has 19 heavy (non-hydrogen) atoms. The molecule has 0 radical (unpaired) electrons. The maximum atomic E-state index is 4.60. The van der Waals surface area contributed by atoms with Crippen LogP contribution in [0.1, 0.15) is 49.8 Å². The van der Waals surface area contributed by atoms with Gasteiger partial charge in [0.05, 0.1) is 0 Å². The van der Waals surface area contributed by atoms with Crippen molar-refractivity contribution < 1.29 is 0 Å². The number of unbranched alkanes of at least 4 members (excludes halogenated alkanes) is 1. The maximum absolute atomic E-state index is 4.60. The molecule has 0 amide bonds. The van der Waals surface area contributed by atoms with Crippen LogP contribution in [0.15, 0.2) is 12.3 Å². The van der Waals surface area contributed by atoms with Crippen LogP contribution in [0.25, 0.3) is 0 Å². The topological polar surface area (TPSA) is 19.4 Å². The zero-order valence-corrected chi connectivity index (χ0v) is 12.8. The van der Waals surface area contributed by atoms with E-state index in [-0.39, 0.29) is 0 Å². The number of aromatic nitrogens is 1. The van der Waals surface area contributed by atoms with Gasteiger partial charge in [-0.1, -0.05) is 13.3 Å². The molecule has 0 bridgehead atoms. The smallest absolute Gasteiger partial charge is 0.128 e. The fourth-order valence-electron chi connectivity index (χ4n) is 2.95. The molecule has 3 nitrogen and oxygen atoms in total. The van der Waals surface area contributed by atoms with Crippen molar-refractivity contribution >= 4 is 5.82 Å². The Labute approximate surface area is 117 Å². The van der Waals surface area contributed by atoms with Crippen LogP contribution >= 0.6 is 0 Å². The highest BCUT2D eigenvalue weighted by Crippen LogP contribution is 2.34. The van der Waals surface area contributed by atoms with E-state index < -0.39 is 0 Å². The first kappa shape index (κ1) is 14.3. The number of pyridine rings is 1. The molecule has 106 valence electrons. The van der Waals surface area contributed by atoms with Crippen LogP contribution in [0, 0.1) is 6.92 Å². The van der Waals surface area contributed by atoms with Gasteiger partial charge >= 0.3 is 0 Å². The number of hydrogen-bond acceptors (Lipinski definition) is 3. The third-order valence-corrected chi connectivity index (χ3v) is 4.12. The van der Waals surface area contributed by atoms with E-state index >= 15 is 0 Å². The van der Waals surface area contributed by atoms with Gasteiger partial charge in [-0.3, -0.25) is 4.90 Å². The van der Waals surface area contributed by atoms with E-state index in [9.17, 15) is 0 Å². The van der Waals surface area contributed by atoms with Gasteiger partial charge in [0.15, 0.2) is 0 Å². The summed E-state index contributed by atoms with van der Waals surface area (Å²) in [5.74, 6) is 1.05. The van der Waals surface area contributed by atoms with Crippen molar-refractivity contribution in [2.45, 2.75) is 45.6 Å².